The highest BCUT2D eigenvalue weighted by molar-refractivity contribution is 5.40. The number of hydrogen-bond acceptors (Lipinski definition) is 3. The Labute approximate surface area is 111 Å². The van der Waals surface area contributed by atoms with Crippen molar-refractivity contribution in [2.45, 2.75) is 13.1 Å². The minimum absolute atomic E-state index is 0.771. The van der Waals surface area contributed by atoms with Gasteiger partial charge in [0.1, 0.15) is 0 Å². The minimum Gasteiger partial charge on any atom is -0.347 e. The number of H-pyrrole nitrogens is 1. The van der Waals surface area contributed by atoms with Crippen LogP contribution >= 0.6 is 0 Å². The molecule has 2 aromatic heterocycles. The van der Waals surface area contributed by atoms with Gasteiger partial charge in [-0.1, -0.05) is 18.2 Å². The van der Waals surface area contributed by atoms with Gasteiger partial charge in [-0.25, -0.2) is 9.67 Å². The van der Waals surface area contributed by atoms with E-state index in [0.717, 1.165) is 24.5 Å². The summed E-state index contributed by atoms with van der Waals surface area (Å²) < 4.78 is 1.88. The standard InChI is InChI=1S/C14H15N5/c1-2-5-14(19-7-3-6-18-19)12(4-1)8-15-9-13-10-16-11-17-13/h1-7,10-11,15H,8-9H2,(H,16,17). The molecule has 3 rings (SSSR count). The molecule has 0 atom stereocenters. The lowest BCUT2D eigenvalue weighted by molar-refractivity contribution is 0.676. The predicted octanol–water partition coefficient (Wildman–Crippen LogP) is 1.89. The number of nitrogens with zero attached hydrogens (tertiary/aromatic N) is 3. The van der Waals surface area contributed by atoms with Crippen molar-refractivity contribution in [1.29, 1.82) is 0 Å². The quantitative estimate of drug-likeness (QED) is 0.730. The van der Waals surface area contributed by atoms with Crippen molar-refractivity contribution in [3.8, 4) is 5.69 Å². The Morgan fingerprint density at radius 3 is 2.89 bits per heavy atom. The van der Waals surface area contributed by atoms with E-state index in [1.807, 2.05) is 35.3 Å². The summed E-state index contributed by atoms with van der Waals surface area (Å²) in [5.74, 6) is 0. The van der Waals surface area contributed by atoms with Gasteiger partial charge in [-0.15, -0.1) is 0 Å². The smallest absolute Gasteiger partial charge is 0.0922 e. The largest absolute Gasteiger partial charge is 0.347 e. The lowest BCUT2D eigenvalue weighted by atomic mass is 10.2. The first-order valence-electron chi connectivity index (χ1n) is 6.19. The van der Waals surface area contributed by atoms with E-state index in [2.05, 4.69) is 32.5 Å². The SMILES string of the molecule is c1ccc(-n2cccn2)c(CNCc2cnc[nH]2)c1. The first-order chi connectivity index (χ1) is 9.43. The highest BCUT2D eigenvalue weighted by atomic mass is 15.3. The number of nitrogens with one attached hydrogen (secondary N) is 2. The number of para-hydroxylation sites is 1. The molecule has 0 bridgehead atoms. The van der Waals surface area contributed by atoms with Crippen LogP contribution in [0.15, 0.2) is 55.2 Å². The Morgan fingerprint density at radius 1 is 1.16 bits per heavy atom. The first-order valence-corrected chi connectivity index (χ1v) is 6.19. The van der Waals surface area contributed by atoms with Crippen LogP contribution in [0.3, 0.4) is 0 Å². The van der Waals surface area contributed by atoms with Crippen molar-refractivity contribution >= 4 is 0 Å². The third-order valence-corrected chi connectivity index (χ3v) is 2.93. The van der Waals surface area contributed by atoms with Crippen LogP contribution in [-0.4, -0.2) is 19.7 Å². The average Bonchev–Trinajstić information content (AvgIpc) is 3.12. The van der Waals surface area contributed by atoms with Gasteiger partial charge in [-0.2, -0.15) is 5.10 Å². The molecule has 1 aromatic carbocycles. The summed E-state index contributed by atoms with van der Waals surface area (Å²) in [6, 6.07) is 10.2. The first kappa shape index (κ1) is 11.7. The molecule has 0 saturated heterocycles. The van der Waals surface area contributed by atoms with Crippen molar-refractivity contribution < 1.29 is 0 Å². The van der Waals surface area contributed by atoms with E-state index >= 15 is 0 Å². The Morgan fingerprint density at radius 2 is 2.11 bits per heavy atom. The van der Waals surface area contributed by atoms with E-state index in [1.54, 1.807) is 12.5 Å². The van der Waals surface area contributed by atoms with Gasteiger partial charge >= 0.3 is 0 Å². The molecule has 5 heteroatoms. The highest BCUT2D eigenvalue weighted by Gasteiger charge is 2.03. The summed E-state index contributed by atoms with van der Waals surface area (Å²) in [6.45, 7) is 1.56. The fourth-order valence-electron chi connectivity index (χ4n) is 2.01. The molecule has 5 nitrogen and oxygen atoms in total. The number of aromatic amines is 1. The molecule has 3 aromatic rings. The Bertz CT molecular complexity index is 613. The monoisotopic (exact) mass is 253 g/mol. The van der Waals surface area contributed by atoms with Crippen LogP contribution in [0.25, 0.3) is 5.69 Å². The van der Waals surface area contributed by atoms with Crippen molar-refractivity contribution in [2.24, 2.45) is 0 Å². The molecule has 0 aliphatic carbocycles. The van der Waals surface area contributed by atoms with Gasteiger partial charge < -0.3 is 10.3 Å². The van der Waals surface area contributed by atoms with Crippen molar-refractivity contribution in [3.05, 3.63) is 66.5 Å². The van der Waals surface area contributed by atoms with Crippen LogP contribution in [0.1, 0.15) is 11.3 Å². The topological polar surface area (TPSA) is 58.5 Å². The zero-order chi connectivity index (χ0) is 12.9. The number of imidazole rings is 1. The maximum atomic E-state index is 4.28. The van der Waals surface area contributed by atoms with Crippen LogP contribution in [0, 0.1) is 0 Å². The van der Waals surface area contributed by atoms with Crippen LogP contribution in [0.5, 0.6) is 0 Å². The summed E-state index contributed by atoms with van der Waals surface area (Å²) >= 11 is 0. The summed E-state index contributed by atoms with van der Waals surface area (Å²) in [4.78, 5) is 7.07. The number of hydrogen-bond donors (Lipinski definition) is 2. The molecule has 19 heavy (non-hydrogen) atoms. The molecule has 96 valence electrons. The minimum atomic E-state index is 0.771. The van der Waals surface area contributed by atoms with Gasteiger partial charge in [-0.05, 0) is 17.7 Å². The van der Waals surface area contributed by atoms with E-state index in [1.165, 1.54) is 5.56 Å². The third-order valence-electron chi connectivity index (χ3n) is 2.93. The molecule has 0 amide bonds. The van der Waals surface area contributed by atoms with Gasteiger partial charge in [0.15, 0.2) is 0 Å². The highest BCUT2D eigenvalue weighted by Crippen LogP contribution is 2.13. The molecule has 0 spiro atoms. The summed E-state index contributed by atoms with van der Waals surface area (Å²) in [7, 11) is 0. The molecular weight excluding hydrogens is 238 g/mol. The molecule has 0 aliphatic rings. The lowest BCUT2D eigenvalue weighted by Gasteiger charge is -2.10. The second-order valence-electron chi connectivity index (χ2n) is 4.26. The summed E-state index contributed by atoms with van der Waals surface area (Å²) in [5, 5.41) is 7.67. The molecule has 0 saturated carbocycles. The van der Waals surface area contributed by atoms with Gasteiger partial charge in [0.05, 0.1) is 12.0 Å². The Balaban J connectivity index is 1.71. The van der Waals surface area contributed by atoms with E-state index < -0.39 is 0 Å². The van der Waals surface area contributed by atoms with Crippen LogP contribution in [0.2, 0.25) is 0 Å². The summed E-state index contributed by atoms with van der Waals surface area (Å²) in [6.07, 6.45) is 7.25. The average molecular weight is 253 g/mol. The fraction of sp³-hybridized carbons (Fsp3) is 0.143. The number of rotatable bonds is 5. The molecule has 0 fully saturated rings. The Kier molecular flexibility index (Phi) is 3.38. The molecular formula is C14H15N5. The Hall–Kier alpha value is -2.40. The summed E-state index contributed by atoms with van der Waals surface area (Å²) in [5.41, 5.74) is 3.40. The van der Waals surface area contributed by atoms with Gasteiger partial charge in [0.25, 0.3) is 0 Å². The maximum Gasteiger partial charge on any atom is 0.0922 e. The maximum absolute atomic E-state index is 4.28. The van der Waals surface area contributed by atoms with Crippen LogP contribution in [0.4, 0.5) is 0 Å². The van der Waals surface area contributed by atoms with E-state index in [4.69, 9.17) is 0 Å². The van der Waals surface area contributed by atoms with Gasteiger partial charge in [-0.3, -0.25) is 0 Å². The third kappa shape index (κ3) is 2.71. The predicted molar refractivity (Wildman–Crippen MR) is 72.7 cm³/mol. The number of aromatic nitrogens is 4. The van der Waals surface area contributed by atoms with Crippen molar-refractivity contribution in [1.82, 2.24) is 25.1 Å². The molecule has 0 radical (unpaired) electrons. The normalized spacial score (nSPS) is 10.7. The van der Waals surface area contributed by atoms with Crippen LogP contribution < -0.4 is 5.32 Å². The van der Waals surface area contributed by atoms with Gasteiger partial charge in [0, 0.05) is 37.4 Å². The molecule has 0 aliphatic heterocycles. The molecule has 0 unspecified atom stereocenters. The second kappa shape index (κ2) is 5.49. The molecule has 2 N–H and O–H groups in total. The lowest BCUT2D eigenvalue weighted by Crippen LogP contribution is -2.14. The van der Waals surface area contributed by atoms with E-state index in [0.29, 0.717) is 0 Å². The number of benzene rings is 1. The van der Waals surface area contributed by atoms with E-state index in [-0.39, 0.29) is 0 Å². The van der Waals surface area contributed by atoms with Gasteiger partial charge in [0.2, 0.25) is 0 Å². The molecule has 2 heterocycles. The van der Waals surface area contributed by atoms with Crippen molar-refractivity contribution in [3.63, 3.8) is 0 Å². The van der Waals surface area contributed by atoms with Crippen LogP contribution in [-0.2, 0) is 13.1 Å². The fourth-order valence-corrected chi connectivity index (χ4v) is 2.01. The second-order valence-corrected chi connectivity index (χ2v) is 4.26. The zero-order valence-corrected chi connectivity index (χ0v) is 10.5. The van der Waals surface area contributed by atoms with E-state index in [9.17, 15) is 0 Å². The zero-order valence-electron chi connectivity index (χ0n) is 10.5. The van der Waals surface area contributed by atoms with Crippen molar-refractivity contribution in [2.75, 3.05) is 0 Å².